The third-order valence-corrected chi connectivity index (χ3v) is 4.49. The molecular weight excluding hydrogens is 342 g/mol. The van der Waals surface area contributed by atoms with Gasteiger partial charge in [-0.3, -0.25) is 4.79 Å². The Balaban J connectivity index is 1.57. The van der Waals surface area contributed by atoms with Crippen LogP contribution in [0.4, 0.5) is 5.69 Å². The number of ether oxygens (including phenoxy) is 2. The number of nitrogens with zero attached hydrogens (tertiary/aromatic N) is 2. The molecule has 1 amide bonds. The number of nitrogens with one attached hydrogen (secondary N) is 1. The minimum absolute atomic E-state index is 0.00918. The minimum atomic E-state index is -0.00918. The smallest absolute Gasteiger partial charge is 0.224 e. The monoisotopic (exact) mass is 367 g/mol. The number of amides is 1. The number of rotatable bonds is 9. The summed E-state index contributed by atoms with van der Waals surface area (Å²) in [6, 6.07) is 11.9. The highest BCUT2D eigenvalue weighted by molar-refractivity contribution is 5.90. The highest BCUT2D eigenvalue weighted by atomic mass is 16.5. The van der Waals surface area contributed by atoms with E-state index in [4.69, 9.17) is 9.47 Å². The van der Waals surface area contributed by atoms with Gasteiger partial charge in [0.25, 0.3) is 0 Å². The molecule has 0 aliphatic heterocycles. The Labute approximate surface area is 159 Å². The number of hydrogen-bond acceptors (Lipinski definition) is 4. The first-order chi connectivity index (χ1) is 13.2. The summed E-state index contributed by atoms with van der Waals surface area (Å²) in [6.45, 7) is 1.50. The number of methoxy groups -OCH3 is 2. The van der Waals surface area contributed by atoms with Crippen molar-refractivity contribution >= 4 is 22.5 Å². The first-order valence-electron chi connectivity index (χ1n) is 9.07. The predicted octanol–water partition coefficient (Wildman–Crippen LogP) is 3.65. The summed E-state index contributed by atoms with van der Waals surface area (Å²) in [5.41, 5.74) is 3.15. The zero-order valence-corrected chi connectivity index (χ0v) is 15.8. The van der Waals surface area contributed by atoms with Crippen molar-refractivity contribution in [2.75, 3.05) is 26.1 Å². The van der Waals surface area contributed by atoms with Gasteiger partial charge in [0.15, 0.2) is 0 Å². The van der Waals surface area contributed by atoms with Crippen molar-refractivity contribution in [3.8, 4) is 5.88 Å². The first-order valence-corrected chi connectivity index (χ1v) is 9.07. The molecule has 0 spiro atoms. The van der Waals surface area contributed by atoms with Gasteiger partial charge in [-0.1, -0.05) is 18.2 Å². The average Bonchev–Trinajstić information content (AvgIpc) is 3.05. The van der Waals surface area contributed by atoms with Gasteiger partial charge >= 0.3 is 0 Å². The maximum Gasteiger partial charge on any atom is 0.224 e. The molecule has 1 N–H and O–H groups in total. The van der Waals surface area contributed by atoms with Crippen LogP contribution >= 0.6 is 0 Å². The van der Waals surface area contributed by atoms with E-state index in [1.165, 1.54) is 16.5 Å². The lowest BCUT2D eigenvalue weighted by atomic mass is 10.1. The van der Waals surface area contributed by atoms with Crippen LogP contribution in [0.2, 0.25) is 0 Å². The molecule has 6 heteroatoms. The van der Waals surface area contributed by atoms with Gasteiger partial charge < -0.3 is 19.4 Å². The molecule has 2 heterocycles. The van der Waals surface area contributed by atoms with Crippen molar-refractivity contribution < 1.29 is 14.3 Å². The van der Waals surface area contributed by atoms with Gasteiger partial charge in [0.1, 0.15) is 0 Å². The van der Waals surface area contributed by atoms with Gasteiger partial charge in [0, 0.05) is 43.2 Å². The number of carbonyl (C=O) groups is 1. The second-order valence-electron chi connectivity index (χ2n) is 6.35. The summed E-state index contributed by atoms with van der Waals surface area (Å²) in [7, 11) is 3.27. The third kappa shape index (κ3) is 4.86. The van der Waals surface area contributed by atoms with Gasteiger partial charge in [-0.2, -0.15) is 0 Å². The Morgan fingerprint density at radius 2 is 2.04 bits per heavy atom. The van der Waals surface area contributed by atoms with Crippen LogP contribution in [0.3, 0.4) is 0 Å². The lowest BCUT2D eigenvalue weighted by Crippen LogP contribution is -2.11. The molecule has 0 radical (unpaired) electrons. The normalized spacial score (nSPS) is 10.9. The summed E-state index contributed by atoms with van der Waals surface area (Å²) in [5, 5.41) is 4.11. The van der Waals surface area contributed by atoms with Crippen LogP contribution in [0, 0.1) is 0 Å². The molecule has 0 atom stereocenters. The number of anilines is 1. The lowest BCUT2D eigenvalue weighted by molar-refractivity contribution is -0.116. The molecule has 0 unspecified atom stereocenters. The Morgan fingerprint density at radius 3 is 2.78 bits per heavy atom. The maximum atomic E-state index is 12.2. The molecule has 3 rings (SSSR count). The lowest BCUT2D eigenvalue weighted by Gasteiger charge is -2.05. The van der Waals surface area contributed by atoms with Crippen molar-refractivity contribution in [3.05, 3.63) is 54.4 Å². The van der Waals surface area contributed by atoms with Crippen LogP contribution in [0.15, 0.2) is 48.8 Å². The zero-order chi connectivity index (χ0) is 19.1. The van der Waals surface area contributed by atoms with Gasteiger partial charge in [0.2, 0.25) is 11.8 Å². The maximum absolute atomic E-state index is 12.2. The summed E-state index contributed by atoms with van der Waals surface area (Å²) in [6.07, 6.45) is 5.88. The molecule has 0 bridgehead atoms. The molecule has 2 aromatic heterocycles. The zero-order valence-electron chi connectivity index (χ0n) is 15.8. The molecule has 0 saturated carbocycles. The number of para-hydroxylation sites is 1. The molecule has 0 aliphatic rings. The molecule has 0 saturated heterocycles. The van der Waals surface area contributed by atoms with Crippen LogP contribution in [0.5, 0.6) is 5.88 Å². The molecule has 6 nitrogen and oxygen atoms in total. The van der Waals surface area contributed by atoms with Crippen LogP contribution in [0.25, 0.3) is 10.9 Å². The van der Waals surface area contributed by atoms with Crippen molar-refractivity contribution in [2.45, 2.75) is 25.8 Å². The van der Waals surface area contributed by atoms with E-state index in [0.29, 0.717) is 24.6 Å². The number of benzene rings is 1. The van der Waals surface area contributed by atoms with Crippen molar-refractivity contribution in [2.24, 2.45) is 0 Å². The molecule has 27 heavy (non-hydrogen) atoms. The van der Waals surface area contributed by atoms with Crippen molar-refractivity contribution in [1.82, 2.24) is 9.55 Å². The second kappa shape index (κ2) is 9.19. The molecule has 0 fully saturated rings. The summed E-state index contributed by atoms with van der Waals surface area (Å²) < 4.78 is 12.4. The van der Waals surface area contributed by atoms with Gasteiger partial charge in [-0.15, -0.1) is 0 Å². The molecule has 1 aromatic carbocycles. The number of hydrogen-bond donors (Lipinski definition) is 1. The number of aromatic nitrogens is 2. The highest BCUT2D eigenvalue weighted by Gasteiger charge is 2.09. The van der Waals surface area contributed by atoms with Crippen LogP contribution in [-0.2, 0) is 22.5 Å². The number of aryl methyl sites for hydroxylation is 1. The van der Waals surface area contributed by atoms with Crippen molar-refractivity contribution in [3.63, 3.8) is 0 Å². The van der Waals surface area contributed by atoms with Gasteiger partial charge in [0.05, 0.1) is 25.6 Å². The SMILES string of the molecule is COCCn1cc(CCCC(=O)Nc2ccc(OC)nc2)c2ccccc21. The van der Waals surface area contributed by atoms with E-state index in [0.717, 1.165) is 19.4 Å². The summed E-state index contributed by atoms with van der Waals surface area (Å²) in [5.74, 6) is 0.517. The largest absolute Gasteiger partial charge is 0.481 e. The molecular formula is C21H25N3O3. The predicted molar refractivity (Wildman–Crippen MR) is 106 cm³/mol. The topological polar surface area (TPSA) is 65.4 Å². The van der Waals surface area contributed by atoms with E-state index in [1.807, 2.05) is 6.07 Å². The Hall–Kier alpha value is -2.86. The average molecular weight is 367 g/mol. The Morgan fingerprint density at radius 1 is 1.19 bits per heavy atom. The highest BCUT2D eigenvalue weighted by Crippen LogP contribution is 2.23. The van der Waals surface area contributed by atoms with E-state index < -0.39 is 0 Å². The van der Waals surface area contributed by atoms with E-state index in [1.54, 1.807) is 32.5 Å². The fraction of sp³-hybridized carbons (Fsp3) is 0.333. The standard InChI is InChI=1S/C21H25N3O3/c1-26-13-12-24-15-16(18-7-3-4-8-19(18)24)6-5-9-20(25)23-17-10-11-21(27-2)22-14-17/h3-4,7-8,10-11,14-15H,5-6,9,12-13H2,1-2H3,(H,23,25). The molecule has 142 valence electrons. The second-order valence-corrected chi connectivity index (χ2v) is 6.35. The van der Waals surface area contributed by atoms with Crippen LogP contribution < -0.4 is 10.1 Å². The van der Waals surface area contributed by atoms with Crippen molar-refractivity contribution in [1.29, 1.82) is 0 Å². The fourth-order valence-corrected chi connectivity index (χ4v) is 3.13. The van der Waals surface area contributed by atoms with E-state index >= 15 is 0 Å². The quantitative estimate of drug-likeness (QED) is 0.627. The number of pyridine rings is 1. The first kappa shape index (κ1) is 18.9. The third-order valence-electron chi connectivity index (χ3n) is 4.49. The van der Waals surface area contributed by atoms with E-state index in [2.05, 4.69) is 39.3 Å². The van der Waals surface area contributed by atoms with Gasteiger partial charge in [-0.05, 0) is 30.5 Å². The fourth-order valence-electron chi connectivity index (χ4n) is 3.13. The van der Waals surface area contributed by atoms with Gasteiger partial charge in [-0.25, -0.2) is 4.98 Å². The Bertz CT molecular complexity index is 887. The summed E-state index contributed by atoms with van der Waals surface area (Å²) >= 11 is 0. The van der Waals surface area contributed by atoms with Crippen LogP contribution in [0.1, 0.15) is 18.4 Å². The number of fused-ring (bicyclic) bond motifs is 1. The van der Waals surface area contributed by atoms with E-state index in [9.17, 15) is 4.79 Å². The molecule has 0 aliphatic carbocycles. The van der Waals surface area contributed by atoms with Crippen LogP contribution in [-0.4, -0.2) is 36.3 Å². The molecule has 3 aromatic rings. The Kier molecular flexibility index (Phi) is 6.44. The summed E-state index contributed by atoms with van der Waals surface area (Å²) in [4.78, 5) is 16.3. The van der Waals surface area contributed by atoms with E-state index in [-0.39, 0.29) is 5.91 Å². The minimum Gasteiger partial charge on any atom is -0.481 e. The number of carbonyl (C=O) groups excluding carboxylic acids is 1.